The minimum Gasteiger partial charge on any atom is -0.359 e. The maximum absolute atomic E-state index is 5.75. The zero-order valence-corrected chi connectivity index (χ0v) is 26.0. The molecule has 36 heavy (non-hydrogen) atoms. The Kier molecular flexibility index (Phi) is 20.1. The number of nitrogens with two attached hydrogens (primary N) is 1. The fourth-order valence-corrected chi connectivity index (χ4v) is 6.73. The fraction of sp³-hybridized carbons (Fsp3) is 0.786. The minimum absolute atomic E-state index is 0.433. The molecule has 0 radical (unpaired) electrons. The van der Waals surface area contributed by atoms with Gasteiger partial charge < -0.3 is 16.0 Å². The molecule has 208 valence electrons. The Balaban J connectivity index is 0.000000272. The van der Waals surface area contributed by atoms with Gasteiger partial charge >= 0.3 is 0 Å². The number of rotatable bonds is 6. The van der Waals surface area contributed by atoms with E-state index in [9.17, 15) is 0 Å². The first-order valence-electron chi connectivity index (χ1n) is 14.1. The van der Waals surface area contributed by atoms with E-state index in [1.807, 2.05) is 18.0 Å². The van der Waals surface area contributed by atoms with Crippen LogP contribution in [-0.4, -0.2) is 70.8 Å². The number of likely N-dealkylation sites (tertiary alicyclic amines) is 2. The van der Waals surface area contributed by atoms with Crippen molar-refractivity contribution in [3.63, 3.8) is 0 Å². The minimum atomic E-state index is 0.433. The molecule has 0 bridgehead atoms. The van der Waals surface area contributed by atoms with Gasteiger partial charge in [-0.25, -0.2) is 4.98 Å². The standard InChI is InChI=1S/C11H18N2S2.C8H17N.C7H15N2P.C2H4/c1-2-14-10-8-12-11(15-10)13-9-6-4-3-5-7-9;1-2-9-7-5-3-4-6-8-9;1-6(10)9-4-2-7(8)3-5-9;1-2/h8-9H,2-7H2,1H3,(H,12,13);2-8H2,1H3;7,10H,2-5,8H2,1H3;1-2H2. The first-order valence-corrected chi connectivity index (χ1v) is 16.4. The highest BCUT2D eigenvalue weighted by molar-refractivity contribution is 8.01. The molecule has 1 aliphatic carbocycles. The third kappa shape index (κ3) is 15.1. The van der Waals surface area contributed by atoms with Crippen molar-refractivity contribution < 1.29 is 0 Å². The highest BCUT2D eigenvalue weighted by Gasteiger charge is 2.16. The molecule has 0 spiro atoms. The van der Waals surface area contributed by atoms with Gasteiger partial charge in [-0.1, -0.05) is 57.3 Å². The molecule has 0 unspecified atom stereocenters. The molecule has 1 saturated carbocycles. The van der Waals surface area contributed by atoms with Crippen molar-refractivity contribution in [3.05, 3.63) is 19.4 Å². The van der Waals surface area contributed by atoms with Gasteiger partial charge in [0.1, 0.15) is 0 Å². The lowest BCUT2D eigenvalue weighted by atomic mass is 9.96. The van der Waals surface area contributed by atoms with Crippen LogP contribution in [0.15, 0.2) is 23.6 Å². The van der Waals surface area contributed by atoms with Crippen LogP contribution >= 0.6 is 32.0 Å². The van der Waals surface area contributed by atoms with E-state index >= 15 is 0 Å². The van der Waals surface area contributed by atoms with E-state index in [-0.39, 0.29) is 0 Å². The first-order chi connectivity index (χ1) is 17.5. The van der Waals surface area contributed by atoms with Crippen molar-refractivity contribution in [1.82, 2.24) is 14.8 Å². The Labute approximate surface area is 233 Å². The quantitative estimate of drug-likeness (QED) is 0.217. The lowest BCUT2D eigenvalue weighted by Crippen LogP contribution is -2.41. The summed E-state index contributed by atoms with van der Waals surface area (Å²) in [4.78, 5) is 9.28. The average molecular weight is 556 g/mol. The SMILES string of the molecule is C=C.CC(=P)N1CCC(N)CC1.CCN1CCCCCC1.CCSc1cnc(NC2CCCCC2)s1. The fourth-order valence-electron chi connectivity index (χ4n) is 4.64. The Morgan fingerprint density at radius 1 is 1.03 bits per heavy atom. The molecule has 2 aliphatic heterocycles. The largest absolute Gasteiger partial charge is 0.359 e. The molecule has 0 amide bonds. The van der Waals surface area contributed by atoms with Crippen molar-refractivity contribution in [2.75, 3.05) is 43.8 Å². The molecule has 1 aromatic heterocycles. The smallest absolute Gasteiger partial charge is 0.183 e. The normalized spacial score (nSPS) is 19.9. The summed E-state index contributed by atoms with van der Waals surface area (Å²) >= 11 is 3.67. The summed E-state index contributed by atoms with van der Waals surface area (Å²) in [5.41, 5.74) is 6.97. The molecule has 4 rings (SSSR count). The Morgan fingerprint density at radius 3 is 2.14 bits per heavy atom. The van der Waals surface area contributed by atoms with Crippen molar-refractivity contribution in [2.24, 2.45) is 5.73 Å². The van der Waals surface area contributed by atoms with Crippen molar-refractivity contribution in [2.45, 2.75) is 108 Å². The van der Waals surface area contributed by atoms with E-state index in [0.29, 0.717) is 12.1 Å². The summed E-state index contributed by atoms with van der Waals surface area (Å²) in [5, 5.41) is 4.66. The molecule has 3 aliphatic rings. The lowest BCUT2D eigenvalue weighted by molar-refractivity contribution is 0.301. The second-order valence-corrected chi connectivity index (χ2v) is 13.0. The number of hydrogen-bond acceptors (Lipinski definition) is 6. The van der Waals surface area contributed by atoms with Gasteiger partial charge in [0.25, 0.3) is 0 Å². The molecule has 1 aromatic rings. The third-order valence-corrected chi connectivity index (χ3v) is 9.19. The Hall–Kier alpha value is -0.430. The molecule has 2 saturated heterocycles. The van der Waals surface area contributed by atoms with E-state index in [4.69, 9.17) is 5.73 Å². The number of piperidine rings is 1. The number of thiazole rings is 1. The molecular formula is C28H54N5PS2. The van der Waals surface area contributed by atoms with Crippen LogP contribution < -0.4 is 11.1 Å². The summed E-state index contributed by atoms with van der Waals surface area (Å²) in [7, 11) is 3.51. The predicted molar refractivity (Wildman–Crippen MR) is 169 cm³/mol. The van der Waals surface area contributed by atoms with Crippen LogP contribution in [0.25, 0.3) is 0 Å². The topological polar surface area (TPSA) is 57.4 Å². The van der Waals surface area contributed by atoms with Gasteiger partial charge in [0, 0.05) is 30.6 Å². The van der Waals surface area contributed by atoms with Crippen LogP contribution in [0.3, 0.4) is 0 Å². The highest BCUT2D eigenvalue weighted by Crippen LogP contribution is 2.30. The van der Waals surface area contributed by atoms with Crippen LogP contribution in [0, 0.1) is 0 Å². The van der Waals surface area contributed by atoms with Gasteiger partial charge in [0.05, 0.1) is 10.4 Å². The predicted octanol–water partition coefficient (Wildman–Crippen LogP) is 7.39. The molecule has 0 aromatic carbocycles. The summed E-state index contributed by atoms with van der Waals surface area (Å²) in [6.45, 7) is 18.7. The van der Waals surface area contributed by atoms with Crippen LogP contribution in [0.1, 0.15) is 91.4 Å². The second-order valence-electron chi connectivity index (χ2n) is 9.66. The Bertz CT molecular complexity index is 665. The van der Waals surface area contributed by atoms with Crippen LogP contribution in [0.5, 0.6) is 0 Å². The van der Waals surface area contributed by atoms with Gasteiger partial charge in [-0.3, -0.25) is 4.90 Å². The van der Waals surface area contributed by atoms with Gasteiger partial charge in [-0.05, 0) is 70.8 Å². The number of anilines is 1. The van der Waals surface area contributed by atoms with Gasteiger partial charge in [0.2, 0.25) is 0 Å². The number of nitrogens with zero attached hydrogens (tertiary/aromatic N) is 3. The van der Waals surface area contributed by atoms with Gasteiger partial charge in [-0.2, -0.15) is 0 Å². The number of nitrogens with one attached hydrogen (secondary N) is 1. The number of aromatic nitrogens is 1. The number of thioether (sulfide) groups is 1. The zero-order valence-electron chi connectivity index (χ0n) is 23.4. The van der Waals surface area contributed by atoms with Crippen molar-refractivity contribution in [1.29, 1.82) is 0 Å². The maximum Gasteiger partial charge on any atom is 0.183 e. The molecule has 3 fully saturated rings. The summed E-state index contributed by atoms with van der Waals surface area (Å²) in [6.07, 6.45) is 16.8. The molecule has 3 heterocycles. The zero-order chi connectivity index (χ0) is 26.6. The van der Waals surface area contributed by atoms with E-state index in [1.165, 1.54) is 87.0 Å². The molecular weight excluding hydrogens is 501 g/mol. The van der Waals surface area contributed by atoms with Crippen LogP contribution in [0.4, 0.5) is 5.13 Å². The number of hydrogen-bond donors (Lipinski definition) is 2. The summed E-state index contributed by atoms with van der Waals surface area (Å²) < 4.78 is 1.33. The average Bonchev–Trinajstić information content (AvgIpc) is 3.17. The van der Waals surface area contributed by atoms with E-state index in [0.717, 1.165) is 36.8 Å². The summed E-state index contributed by atoms with van der Waals surface area (Å²) in [5.74, 6) is 1.13. The molecule has 3 N–H and O–H groups in total. The van der Waals surface area contributed by atoms with Crippen molar-refractivity contribution >= 4 is 42.5 Å². The second kappa shape index (κ2) is 21.5. The molecule has 8 heteroatoms. The monoisotopic (exact) mass is 555 g/mol. The van der Waals surface area contributed by atoms with E-state index in [2.05, 4.69) is 62.9 Å². The van der Waals surface area contributed by atoms with Gasteiger partial charge in [-0.15, -0.1) is 33.8 Å². The Morgan fingerprint density at radius 2 is 1.61 bits per heavy atom. The lowest BCUT2D eigenvalue weighted by Gasteiger charge is -2.29. The van der Waals surface area contributed by atoms with E-state index < -0.39 is 0 Å². The van der Waals surface area contributed by atoms with Crippen molar-refractivity contribution in [3.8, 4) is 0 Å². The summed E-state index contributed by atoms with van der Waals surface area (Å²) in [6, 6.07) is 1.10. The first kappa shape index (κ1) is 33.6. The van der Waals surface area contributed by atoms with Crippen LogP contribution in [0.2, 0.25) is 0 Å². The van der Waals surface area contributed by atoms with E-state index in [1.54, 1.807) is 11.3 Å². The third-order valence-electron chi connectivity index (χ3n) is 6.86. The maximum atomic E-state index is 5.75. The molecule has 0 atom stereocenters. The highest BCUT2D eigenvalue weighted by atomic mass is 32.2. The van der Waals surface area contributed by atoms with Crippen LogP contribution in [-0.2, 0) is 0 Å². The van der Waals surface area contributed by atoms with Gasteiger partial charge in [0.15, 0.2) is 5.13 Å². The molecule has 5 nitrogen and oxygen atoms in total.